The van der Waals surface area contributed by atoms with Gasteiger partial charge in [-0.1, -0.05) is 0 Å². The zero-order valence-corrected chi connectivity index (χ0v) is 13.4. The molecule has 0 saturated heterocycles. The minimum atomic E-state index is -4.71. The molecular formula is C12H13F3IN5O. The van der Waals surface area contributed by atoms with E-state index in [0.29, 0.717) is 12.2 Å². The predicted octanol–water partition coefficient (Wildman–Crippen LogP) is 2.85. The maximum atomic E-state index is 12.0. The Morgan fingerprint density at radius 3 is 2.50 bits per heavy atom. The lowest BCUT2D eigenvalue weighted by molar-refractivity contribution is -0.274. The van der Waals surface area contributed by atoms with E-state index in [1.807, 2.05) is 0 Å². The second-order valence-electron chi connectivity index (χ2n) is 3.98. The van der Waals surface area contributed by atoms with Crippen LogP contribution in [0.2, 0.25) is 0 Å². The highest BCUT2D eigenvalue weighted by Gasteiger charge is 2.30. The van der Waals surface area contributed by atoms with Crippen molar-refractivity contribution in [1.29, 1.82) is 0 Å². The van der Waals surface area contributed by atoms with Gasteiger partial charge in [-0.2, -0.15) is 5.10 Å². The van der Waals surface area contributed by atoms with E-state index in [1.54, 1.807) is 12.3 Å². The molecule has 0 amide bonds. The quantitative estimate of drug-likeness (QED) is 0.398. The number of aromatic amines is 1. The number of nitrogens with two attached hydrogens (primary N) is 1. The van der Waals surface area contributed by atoms with Crippen LogP contribution in [-0.4, -0.2) is 22.5 Å². The Hall–Kier alpha value is -1.98. The zero-order chi connectivity index (χ0) is 15.3. The number of alkyl halides is 3. The number of aromatic nitrogens is 2. The van der Waals surface area contributed by atoms with Gasteiger partial charge in [-0.3, -0.25) is 5.10 Å². The van der Waals surface area contributed by atoms with Crippen LogP contribution in [0.3, 0.4) is 0 Å². The van der Waals surface area contributed by atoms with E-state index in [-0.39, 0.29) is 35.7 Å². The number of nitrogens with one attached hydrogen (secondary N) is 2. The smallest absolute Gasteiger partial charge is 0.406 e. The molecule has 2 rings (SSSR count). The van der Waals surface area contributed by atoms with E-state index in [2.05, 4.69) is 25.2 Å². The third-order valence-electron chi connectivity index (χ3n) is 2.34. The molecule has 0 fully saturated rings. The van der Waals surface area contributed by atoms with Crippen LogP contribution >= 0.6 is 24.0 Å². The van der Waals surface area contributed by atoms with Crippen molar-refractivity contribution in [1.82, 2.24) is 10.2 Å². The molecule has 0 atom stereocenters. The normalized spacial score (nSPS) is 11.7. The number of anilines is 1. The third-order valence-corrected chi connectivity index (χ3v) is 2.34. The minimum absolute atomic E-state index is 0. The molecule has 2 aromatic rings. The molecule has 1 aromatic carbocycles. The largest absolute Gasteiger partial charge is 0.573 e. The SMILES string of the molecule is I.NC(=NCc1ccn[nH]1)Nc1ccc(OC(F)(F)F)cc1. The lowest BCUT2D eigenvalue weighted by atomic mass is 10.3. The highest BCUT2D eigenvalue weighted by Crippen LogP contribution is 2.23. The fourth-order valence-electron chi connectivity index (χ4n) is 1.47. The van der Waals surface area contributed by atoms with Crippen molar-refractivity contribution in [2.45, 2.75) is 12.9 Å². The Morgan fingerprint density at radius 1 is 1.27 bits per heavy atom. The maximum absolute atomic E-state index is 12.0. The number of guanidine groups is 1. The number of hydrogen-bond acceptors (Lipinski definition) is 3. The third kappa shape index (κ3) is 6.20. The zero-order valence-electron chi connectivity index (χ0n) is 11.1. The maximum Gasteiger partial charge on any atom is 0.573 e. The lowest BCUT2D eigenvalue weighted by Gasteiger charge is -2.10. The first-order valence-electron chi connectivity index (χ1n) is 5.83. The summed E-state index contributed by atoms with van der Waals surface area (Å²) in [6.45, 7) is 0.314. The molecule has 1 aromatic heterocycles. The molecule has 0 saturated carbocycles. The first-order chi connectivity index (χ1) is 9.92. The molecule has 120 valence electrons. The Kier molecular flexibility index (Phi) is 6.46. The van der Waals surface area contributed by atoms with Gasteiger partial charge in [-0.25, -0.2) is 4.99 Å². The molecule has 0 unspecified atom stereocenters. The van der Waals surface area contributed by atoms with Gasteiger partial charge < -0.3 is 15.8 Å². The second kappa shape index (κ2) is 7.87. The van der Waals surface area contributed by atoms with Gasteiger partial charge in [0.1, 0.15) is 5.75 Å². The average molecular weight is 427 g/mol. The molecule has 22 heavy (non-hydrogen) atoms. The van der Waals surface area contributed by atoms with Crippen molar-refractivity contribution in [3.8, 4) is 5.75 Å². The lowest BCUT2D eigenvalue weighted by Crippen LogP contribution is -2.22. The van der Waals surface area contributed by atoms with E-state index in [4.69, 9.17) is 5.73 Å². The van der Waals surface area contributed by atoms with Crippen LogP contribution < -0.4 is 15.8 Å². The number of hydrogen-bond donors (Lipinski definition) is 3. The summed E-state index contributed by atoms with van der Waals surface area (Å²) < 4.78 is 39.8. The number of ether oxygens (including phenoxy) is 1. The molecule has 4 N–H and O–H groups in total. The van der Waals surface area contributed by atoms with Crippen LogP contribution in [0.1, 0.15) is 5.69 Å². The van der Waals surface area contributed by atoms with E-state index in [1.165, 1.54) is 24.3 Å². The first-order valence-corrected chi connectivity index (χ1v) is 5.83. The van der Waals surface area contributed by atoms with Crippen LogP contribution in [-0.2, 0) is 6.54 Å². The van der Waals surface area contributed by atoms with Gasteiger partial charge in [0.05, 0.1) is 12.2 Å². The highest BCUT2D eigenvalue weighted by molar-refractivity contribution is 14.0. The fraction of sp³-hybridized carbons (Fsp3) is 0.167. The number of H-pyrrole nitrogens is 1. The highest BCUT2D eigenvalue weighted by atomic mass is 127. The van der Waals surface area contributed by atoms with Crippen molar-refractivity contribution in [3.05, 3.63) is 42.2 Å². The van der Waals surface area contributed by atoms with Gasteiger partial charge in [0.2, 0.25) is 0 Å². The molecule has 1 heterocycles. The second-order valence-corrected chi connectivity index (χ2v) is 3.98. The van der Waals surface area contributed by atoms with Gasteiger partial charge in [0.25, 0.3) is 0 Å². The van der Waals surface area contributed by atoms with Gasteiger partial charge >= 0.3 is 6.36 Å². The summed E-state index contributed by atoms with van der Waals surface area (Å²) in [4.78, 5) is 4.04. The topological polar surface area (TPSA) is 88.3 Å². The minimum Gasteiger partial charge on any atom is -0.406 e. The Labute approximate surface area is 141 Å². The summed E-state index contributed by atoms with van der Waals surface area (Å²) in [6, 6.07) is 6.91. The molecule has 0 aliphatic heterocycles. The van der Waals surface area contributed by atoms with Crippen LogP contribution in [0.15, 0.2) is 41.5 Å². The molecule has 0 radical (unpaired) electrons. The van der Waals surface area contributed by atoms with Crippen molar-refractivity contribution >= 4 is 35.6 Å². The van der Waals surface area contributed by atoms with Crippen molar-refractivity contribution in [3.63, 3.8) is 0 Å². The number of aliphatic imine (C=N–C) groups is 1. The number of halogens is 4. The van der Waals surface area contributed by atoms with E-state index < -0.39 is 6.36 Å². The van der Waals surface area contributed by atoms with Gasteiger partial charge in [0.15, 0.2) is 5.96 Å². The molecule has 0 bridgehead atoms. The predicted molar refractivity (Wildman–Crippen MR) is 86.1 cm³/mol. The number of rotatable bonds is 4. The molecular weight excluding hydrogens is 414 g/mol. The first kappa shape index (κ1) is 18.1. The van der Waals surface area contributed by atoms with Crippen molar-refractivity contribution < 1.29 is 17.9 Å². The summed E-state index contributed by atoms with van der Waals surface area (Å²) in [5.41, 5.74) is 6.94. The van der Waals surface area contributed by atoms with Crippen molar-refractivity contribution in [2.24, 2.45) is 10.7 Å². The molecule has 6 nitrogen and oxygen atoms in total. The van der Waals surface area contributed by atoms with Crippen LogP contribution in [0.25, 0.3) is 0 Å². The summed E-state index contributed by atoms with van der Waals surface area (Å²) in [7, 11) is 0. The Bertz CT molecular complexity index is 598. The standard InChI is InChI=1S/C12H12F3N5O.HI/c13-12(14,15)21-10-3-1-8(2-4-10)19-11(16)17-7-9-5-6-18-20-9;/h1-6H,7H2,(H,18,20)(H3,16,17,19);1H. The van der Waals surface area contributed by atoms with Gasteiger partial charge in [-0.15, -0.1) is 37.1 Å². The summed E-state index contributed by atoms with van der Waals surface area (Å²) in [5, 5.41) is 9.23. The van der Waals surface area contributed by atoms with Crippen molar-refractivity contribution in [2.75, 3.05) is 5.32 Å². The Balaban J connectivity index is 0.00000242. The number of benzene rings is 1. The summed E-state index contributed by atoms with van der Waals surface area (Å²) in [6.07, 6.45) is -3.12. The fourth-order valence-corrected chi connectivity index (χ4v) is 1.47. The molecule has 0 aliphatic rings. The molecule has 0 aliphatic carbocycles. The average Bonchev–Trinajstić information content (AvgIpc) is 2.90. The molecule has 10 heteroatoms. The Morgan fingerprint density at radius 2 is 1.95 bits per heavy atom. The van der Waals surface area contributed by atoms with E-state index in [9.17, 15) is 13.2 Å². The monoisotopic (exact) mass is 427 g/mol. The van der Waals surface area contributed by atoms with E-state index in [0.717, 1.165) is 5.69 Å². The van der Waals surface area contributed by atoms with E-state index >= 15 is 0 Å². The van der Waals surface area contributed by atoms with Gasteiger partial charge in [-0.05, 0) is 30.3 Å². The van der Waals surface area contributed by atoms with Crippen LogP contribution in [0.4, 0.5) is 18.9 Å². The van der Waals surface area contributed by atoms with Crippen LogP contribution in [0, 0.1) is 0 Å². The van der Waals surface area contributed by atoms with Gasteiger partial charge in [0, 0.05) is 11.9 Å². The number of nitrogens with zero attached hydrogens (tertiary/aromatic N) is 2. The molecule has 0 spiro atoms. The van der Waals surface area contributed by atoms with Crippen LogP contribution in [0.5, 0.6) is 5.75 Å². The summed E-state index contributed by atoms with van der Waals surface area (Å²) >= 11 is 0. The summed E-state index contributed by atoms with van der Waals surface area (Å²) in [5.74, 6) is -0.171.